The van der Waals surface area contributed by atoms with Crippen LogP contribution in [0.5, 0.6) is 5.75 Å². The number of anilines is 1. The summed E-state index contributed by atoms with van der Waals surface area (Å²) >= 11 is 6.48. The minimum Gasteiger partial charge on any atom is -0.484 e. The second-order valence-corrected chi connectivity index (χ2v) is 12.8. The minimum absolute atomic E-state index is 0.249. The third-order valence-corrected chi connectivity index (χ3v) is 7.22. The van der Waals surface area contributed by atoms with Gasteiger partial charge in [-0.05, 0) is 73.9 Å². The monoisotopic (exact) mass is 583 g/mol. The highest BCUT2D eigenvalue weighted by Crippen LogP contribution is 2.40. The number of sulfone groups is 1. The van der Waals surface area contributed by atoms with Crippen molar-refractivity contribution in [2.24, 2.45) is 0 Å². The molecule has 1 aromatic heterocycles. The van der Waals surface area contributed by atoms with E-state index < -0.39 is 21.5 Å². The summed E-state index contributed by atoms with van der Waals surface area (Å²) in [4.78, 5) is 28.6. The highest BCUT2D eigenvalue weighted by atomic mass is 35.5. The van der Waals surface area contributed by atoms with Crippen LogP contribution >= 0.6 is 11.6 Å². The number of aromatic nitrogens is 1. The Kier molecular flexibility index (Phi) is 8.51. The van der Waals surface area contributed by atoms with Gasteiger partial charge in [-0.25, -0.2) is 18.2 Å². The molecule has 0 fully saturated rings. The normalized spacial score (nSPS) is 14.9. The zero-order valence-corrected chi connectivity index (χ0v) is 24.1. The summed E-state index contributed by atoms with van der Waals surface area (Å²) < 4.78 is 34.6. The summed E-state index contributed by atoms with van der Waals surface area (Å²) in [6.45, 7) is 5.57. The van der Waals surface area contributed by atoms with Crippen LogP contribution in [0.4, 0.5) is 10.6 Å². The Bertz CT molecular complexity index is 1550. The van der Waals surface area contributed by atoms with Crippen LogP contribution in [0.1, 0.15) is 31.9 Å². The fourth-order valence-corrected chi connectivity index (χ4v) is 4.88. The molecule has 0 bridgehead atoms. The van der Waals surface area contributed by atoms with Crippen LogP contribution in [-0.2, 0) is 32.3 Å². The van der Waals surface area contributed by atoms with Gasteiger partial charge in [0.05, 0.1) is 9.92 Å². The molecule has 0 radical (unpaired) electrons. The third-order valence-electron chi connectivity index (χ3n) is 5.81. The molecule has 2 heterocycles. The highest BCUT2D eigenvalue weighted by Gasteiger charge is 2.25. The first-order chi connectivity index (χ1) is 18.8. The summed E-state index contributed by atoms with van der Waals surface area (Å²) in [7, 11) is -3.28. The maximum absolute atomic E-state index is 12.4. The van der Waals surface area contributed by atoms with E-state index in [-0.39, 0.29) is 23.5 Å². The molecule has 1 atom stereocenters. The van der Waals surface area contributed by atoms with Crippen LogP contribution in [0.25, 0.3) is 11.1 Å². The number of hydrogen-bond donors (Lipinski definition) is 2. The topological polar surface area (TPSA) is 124 Å². The second-order valence-electron chi connectivity index (χ2n) is 10.4. The number of amides is 2. The first-order valence-electron chi connectivity index (χ1n) is 12.5. The van der Waals surface area contributed by atoms with Crippen molar-refractivity contribution in [2.45, 2.75) is 50.3 Å². The molecule has 0 aliphatic carbocycles. The van der Waals surface area contributed by atoms with Crippen molar-refractivity contribution in [3.63, 3.8) is 0 Å². The van der Waals surface area contributed by atoms with E-state index in [1.165, 1.54) is 12.3 Å². The number of nitrogens with zero attached hydrogens (tertiary/aromatic N) is 1. The Labute approximate surface area is 238 Å². The van der Waals surface area contributed by atoms with E-state index in [4.69, 9.17) is 21.1 Å². The third kappa shape index (κ3) is 7.83. The van der Waals surface area contributed by atoms with Gasteiger partial charge in [-0.15, -0.1) is 0 Å². The van der Waals surface area contributed by atoms with Crippen LogP contribution in [0.3, 0.4) is 0 Å². The molecule has 40 heavy (non-hydrogen) atoms. The molecule has 4 rings (SSSR count). The van der Waals surface area contributed by atoms with Crippen molar-refractivity contribution in [1.29, 1.82) is 0 Å². The molecule has 2 amide bonds. The number of carbonyl (C=O) groups excluding carboxylic acids is 2. The number of rotatable bonds is 7. The Hall–Kier alpha value is -3.89. The second kappa shape index (κ2) is 11.7. The zero-order valence-electron chi connectivity index (χ0n) is 22.5. The number of benzene rings is 2. The number of fused-ring (bicyclic) bond motifs is 1. The lowest BCUT2D eigenvalue weighted by Gasteiger charge is -2.19. The maximum atomic E-state index is 12.4. The molecule has 2 aromatic carbocycles. The van der Waals surface area contributed by atoms with Gasteiger partial charge in [0, 0.05) is 37.1 Å². The lowest BCUT2D eigenvalue weighted by atomic mass is 10.0. The molecule has 1 aliphatic rings. The summed E-state index contributed by atoms with van der Waals surface area (Å²) in [5.41, 5.74) is 2.72. The van der Waals surface area contributed by atoms with E-state index in [9.17, 15) is 18.0 Å². The molecule has 1 unspecified atom stereocenters. The van der Waals surface area contributed by atoms with E-state index in [1.807, 2.05) is 6.07 Å². The molecular weight excluding hydrogens is 554 g/mol. The fraction of sp³-hybridized carbons (Fsp3) is 0.276. The van der Waals surface area contributed by atoms with Gasteiger partial charge in [0.25, 0.3) is 0 Å². The van der Waals surface area contributed by atoms with E-state index in [0.29, 0.717) is 23.0 Å². The largest absolute Gasteiger partial charge is 0.484 e. The lowest BCUT2D eigenvalue weighted by molar-refractivity contribution is -0.116. The first kappa shape index (κ1) is 29.1. The van der Waals surface area contributed by atoms with Gasteiger partial charge in [-0.1, -0.05) is 29.8 Å². The number of pyridine rings is 1. The SMILES string of the molecule is CC(C)(C)OC(=O)Nc1ccc(CNC(=O)/C=C/C2Cc3cc(-c4ccc(S(C)(=O)=O)cc4)cc(Cl)c3O2)cn1. The molecule has 1 aliphatic heterocycles. The number of carbonyl (C=O) groups is 2. The van der Waals surface area contributed by atoms with Crippen molar-refractivity contribution >= 4 is 39.3 Å². The van der Waals surface area contributed by atoms with E-state index in [1.54, 1.807) is 75.5 Å². The minimum atomic E-state index is -3.28. The Balaban J connectivity index is 1.30. The molecular formula is C29H30ClN3O6S. The molecule has 210 valence electrons. The number of nitrogens with one attached hydrogen (secondary N) is 2. The standard InChI is InChI=1S/C29H30ClN3O6S/c1-29(2,3)39-28(35)33-25-11-5-18(16-31-25)17-32-26(34)12-8-22-14-21-13-20(15-24(30)27(21)38-22)19-6-9-23(10-7-19)40(4,36)37/h5-13,15-16,22H,14,17H2,1-4H3,(H,32,34)(H,31,33,35)/b12-8+. The van der Waals surface area contributed by atoms with Crippen LogP contribution in [0.2, 0.25) is 5.02 Å². The van der Waals surface area contributed by atoms with E-state index in [2.05, 4.69) is 15.6 Å². The van der Waals surface area contributed by atoms with Crippen molar-refractivity contribution < 1.29 is 27.5 Å². The molecule has 2 N–H and O–H groups in total. The quantitative estimate of drug-likeness (QED) is 0.360. The average Bonchev–Trinajstić information content (AvgIpc) is 3.29. The van der Waals surface area contributed by atoms with Gasteiger partial charge >= 0.3 is 6.09 Å². The predicted molar refractivity (Wildman–Crippen MR) is 153 cm³/mol. The Morgan fingerprint density at radius 3 is 2.48 bits per heavy atom. The van der Waals surface area contributed by atoms with Gasteiger partial charge in [-0.3, -0.25) is 10.1 Å². The summed E-state index contributed by atoms with van der Waals surface area (Å²) in [5, 5.41) is 5.79. The maximum Gasteiger partial charge on any atom is 0.413 e. The Morgan fingerprint density at radius 1 is 1.12 bits per heavy atom. The molecule has 0 spiro atoms. The van der Waals surface area contributed by atoms with Gasteiger partial charge in [0.1, 0.15) is 23.3 Å². The van der Waals surface area contributed by atoms with Gasteiger partial charge in [0.15, 0.2) is 9.84 Å². The van der Waals surface area contributed by atoms with Gasteiger partial charge in [0.2, 0.25) is 5.91 Å². The van der Waals surface area contributed by atoms with Crippen molar-refractivity contribution in [2.75, 3.05) is 11.6 Å². The van der Waals surface area contributed by atoms with Gasteiger partial charge in [-0.2, -0.15) is 0 Å². The fourth-order valence-electron chi connectivity index (χ4n) is 3.97. The summed E-state index contributed by atoms with van der Waals surface area (Å²) in [5.74, 6) is 0.613. The van der Waals surface area contributed by atoms with E-state index in [0.717, 1.165) is 22.3 Å². The molecule has 3 aromatic rings. The Morgan fingerprint density at radius 2 is 1.85 bits per heavy atom. The number of ether oxygens (including phenoxy) is 2. The molecule has 0 saturated heterocycles. The van der Waals surface area contributed by atoms with Crippen molar-refractivity contribution in [3.8, 4) is 16.9 Å². The van der Waals surface area contributed by atoms with Crippen LogP contribution in [0.15, 0.2) is 71.8 Å². The molecule has 0 saturated carbocycles. The lowest BCUT2D eigenvalue weighted by Crippen LogP contribution is -2.27. The van der Waals surface area contributed by atoms with Gasteiger partial charge < -0.3 is 14.8 Å². The van der Waals surface area contributed by atoms with E-state index >= 15 is 0 Å². The van der Waals surface area contributed by atoms with Crippen LogP contribution < -0.4 is 15.4 Å². The van der Waals surface area contributed by atoms with Crippen molar-refractivity contribution in [3.05, 3.63) is 83.0 Å². The first-order valence-corrected chi connectivity index (χ1v) is 14.7. The smallest absolute Gasteiger partial charge is 0.413 e. The number of halogens is 1. The number of hydrogen-bond acceptors (Lipinski definition) is 7. The molecule has 9 nitrogen and oxygen atoms in total. The summed E-state index contributed by atoms with van der Waals surface area (Å²) in [6.07, 6.45) is 5.40. The summed E-state index contributed by atoms with van der Waals surface area (Å²) in [6, 6.07) is 13.7. The van der Waals surface area contributed by atoms with Crippen LogP contribution in [-0.4, -0.2) is 43.4 Å². The van der Waals surface area contributed by atoms with Crippen LogP contribution in [0, 0.1) is 0 Å². The molecule has 11 heteroatoms. The zero-order chi connectivity index (χ0) is 29.1. The highest BCUT2D eigenvalue weighted by molar-refractivity contribution is 7.90. The predicted octanol–water partition coefficient (Wildman–Crippen LogP) is 5.33. The van der Waals surface area contributed by atoms with Crippen molar-refractivity contribution in [1.82, 2.24) is 10.3 Å². The average molecular weight is 584 g/mol.